The van der Waals surface area contributed by atoms with Crippen LogP contribution < -0.4 is 10.6 Å². The second kappa shape index (κ2) is 18.9. The van der Waals surface area contributed by atoms with E-state index in [1.165, 1.54) is 6.20 Å². The number of nitrogens with one attached hydrogen (secondary N) is 2. The molecular formula is C28H32ClF3N4O4. The van der Waals surface area contributed by atoms with E-state index in [4.69, 9.17) is 26.3 Å². The number of hydrogen-bond acceptors (Lipinski definition) is 6. The van der Waals surface area contributed by atoms with Gasteiger partial charge in [0.25, 0.3) is 12.4 Å². The number of rotatable bonds is 7. The first-order chi connectivity index (χ1) is 19.0. The molecule has 3 rings (SSSR count). The molecule has 1 amide bonds. The first-order valence-corrected chi connectivity index (χ1v) is 12.1. The zero-order valence-electron chi connectivity index (χ0n) is 22.4. The van der Waals surface area contributed by atoms with Gasteiger partial charge in [0.1, 0.15) is 12.6 Å². The van der Waals surface area contributed by atoms with Crippen molar-refractivity contribution in [1.82, 2.24) is 15.3 Å². The minimum absolute atomic E-state index is 0.159. The Labute approximate surface area is 236 Å². The molecule has 0 fully saturated rings. The summed E-state index contributed by atoms with van der Waals surface area (Å²) in [7, 11) is 1.62. The van der Waals surface area contributed by atoms with E-state index in [0.29, 0.717) is 28.4 Å². The molecule has 3 N–H and O–H groups in total. The van der Waals surface area contributed by atoms with E-state index in [0.717, 1.165) is 41.9 Å². The number of anilines is 1. The Bertz CT molecular complexity index is 1220. The van der Waals surface area contributed by atoms with E-state index in [9.17, 15) is 18.0 Å². The minimum atomic E-state index is -4.28. The molecule has 2 heterocycles. The maximum atomic E-state index is 12.5. The monoisotopic (exact) mass is 580 g/mol. The van der Waals surface area contributed by atoms with Gasteiger partial charge in [0.15, 0.2) is 0 Å². The molecule has 0 saturated carbocycles. The molecule has 0 unspecified atom stereocenters. The number of carbonyl (C=O) groups excluding carboxylic acids is 2. The zero-order chi connectivity index (χ0) is 30.7. The third-order valence-electron chi connectivity index (χ3n) is 4.93. The van der Waals surface area contributed by atoms with E-state index >= 15 is 0 Å². The largest absolute Gasteiger partial charge is 0.483 e. The average molecular weight is 581 g/mol. The summed E-state index contributed by atoms with van der Waals surface area (Å²) in [5.74, 6) is 0.444. The number of benzene rings is 1. The van der Waals surface area contributed by atoms with E-state index in [1.54, 1.807) is 26.2 Å². The highest BCUT2D eigenvalue weighted by atomic mass is 35.5. The number of carbonyl (C=O) groups is 3. The van der Waals surface area contributed by atoms with Crippen LogP contribution in [0.1, 0.15) is 51.5 Å². The Hall–Kier alpha value is -4.25. The third kappa shape index (κ3) is 12.1. The van der Waals surface area contributed by atoms with Crippen molar-refractivity contribution in [1.29, 1.82) is 0 Å². The molecule has 0 atom stereocenters. The predicted molar refractivity (Wildman–Crippen MR) is 151 cm³/mol. The SMILES string of the molecule is C=Cc1cnc(NCCC)c(C(=O)NC)c1Cc1ccc(Cl)cc1.C=O.Cc1cncc(C(F)(F)F)c1.O=CO. The van der Waals surface area contributed by atoms with Crippen LogP contribution in [0.5, 0.6) is 0 Å². The highest BCUT2D eigenvalue weighted by Crippen LogP contribution is 2.28. The molecule has 2 aromatic heterocycles. The number of halogens is 4. The van der Waals surface area contributed by atoms with Gasteiger partial charge in [0, 0.05) is 37.2 Å². The zero-order valence-corrected chi connectivity index (χ0v) is 23.1. The Morgan fingerprint density at radius 1 is 1.15 bits per heavy atom. The van der Waals surface area contributed by atoms with Crippen molar-refractivity contribution in [2.75, 3.05) is 18.9 Å². The molecule has 3 aromatic rings. The smallest absolute Gasteiger partial charge is 0.417 e. The van der Waals surface area contributed by atoms with Crippen molar-refractivity contribution in [3.05, 3.63) is 93.9 Å². The summed E-state index contributed by atoms with van der Waals surface area (Å²) in [5, 5.41) is 13.5. The second-order valence-electron chi connectivity index (χ2n) is 7.78. The predicted octanol–water partition coefficient (Wildman–Crippen LogP) is 6.08. The Kier molecular flexibility index (Phi) is 16.9. The van der Waals surface area contributed by atoms with Crippen LogP contribution in [0, 0.1) is 6.92 Å². The summed E-state index contributed by atoms with van der Waals surface area (Å²) in [5.41, 5.74) is 3.21. The first kappa shape index (κ1) is 35.8. The molecule has 1 aromatic carbocycles. The van der Waals surface area contributed by atoms with E-state index in [-0.39, 0.29) is 12.4 Å². The van der Waals surface area contributed by atoms with E-state index in [2.05, 4.69) is 34.1 Å². The number of pyridine rings is 2. The summed E-state index contributed by atoms with van der Waals surface area (Å²) in [6, 6.07) is 8.68. The number of alkyl halides is 3. The summed E-state index contributed by atoms with van der Waals surface area (Å²) in [6.07, 6.45) is 2.95. The Morgan fingerprint density at radius 3 is 2.20 bits per heavy atom. The number of nitrogens with zero attached hydrogens (tertiary/aromatic N) is 2. The van der Waals surface area contributed by atoms with Crippen molar-refractivity contribution < 1.29 is 32.7 Å². The average Bonchev–Trinajstić information content (AvgIpc) is 2.94. The van der Waals surface area contributed by atoms with Crippen molar-refractivity contribution >= 4 is 42.7 Å². The molecule has 0 aliphatic heterocycles. The fraction of sp³-hybridized carbons (Fsp3) is 0.250. The lowest BCUT2D eigenvalue weighted by Gasteiger charge is -2.17. The van der Waals surface area contributed by atoms with Crippen LogP contribution in [0.15, 0.2) is 55.5 Å². The molecule has 0 bridgehead atoms. The molecule has 40 heavy (non-hydrogen) atoms. The third-order valence-corrected chi connectivity index (χ3v) is 5.18. The lowest BCUT2D eigenvalue weighted by molar-refractivity contribution is -0.137. The highest BCUT2D eigenvalue weighted by molar-refractivity contribution is 6.30. The maximum Gasteiger partial charge on any atom is 0.417 e. The van der Waals surface area contributed by atoms with Gasteiger partial charge in [-0.25, -0.2) is 4.98 Å². The van der Waals surface area contributed by atoms with E-state index in [1.807, 2.05) is 31.1 Å². The highest BCUT2D eigenvalue weighted by Gasteiger charge is 2.30. The van der Waals surface area contributed by atoms with Crippen LogP contribution >= 0.6 is 11.6 Å². The van der Waals surface area contributed by atoms with Crippen molar-refractivity contribution in [2.24, 2.45) is 0 Å². The fourth-order valence-electron chi connectivity index (χ4n) is 3.19. The lowest BCUT2D eigenvalue weighted by atomic mass is 9.95. The summed E-state index contributed by atoms with van der Waals surface area (Å²) in [4.78, 5) is 36.7. The van der Waals surface area contributed by atoms with Crippen LogP contribution in [0.3, 0.4) is 0 Å². The maximum absolute atomic E-state index is 12.5. The minimum Gasteiger partial charge on any atom is -0.483 e. The number of aromatic nitrogens is 2. The van der Waals surface area contributed by atoms with Crippen LogP contribution in [0.2, 0.25) is 5.02 Å². The number of carboxylic acid groups (broad SMARTS) is 1. The topological polar surface area (TPSA) is 121 Å². The molecular weight excluding hydrogens is 549 g/mol. The van der Waals surface area contributed by atoms with Gasteiger partial charge in [0.2, 0.25) is 0 Å². The van der Waals surface area contributed by atoms with Crippen molar-refractivity contribution in [3.63, 3.8) is 0 Å². The van der Waals surface area contributed by atoms with Gasteiger partial charge in [-0.1, -0.05) is 43.3 Å². The molecule has 0 saturated heterocycles. The second-order valence-corrected chi connectivity index (χ2v) is 8.22. The molecule has 0 spiro atoms. The Balaban J connectivity index is 0.000000789. The standard InChI is InChI=1S/C19H22ClN3O.C7H6F3N.CH2O2.CH2O/c1-4-10-22-18-17(19(24)21-3)16(14(5-2)12-23-18)11-13-6-8-15(20)9-7-13;1-5-2-6(4-11-3-5)7(8,9)10;2-1-3;1-2/h5-9,12H,2,4,10-11H2,1,3H3,(H,21,24)(H,22,23);2-4H,1H3;1H,(H,2,3);1H2. The molecule has 8 nitrogen and oxygen atoms in total. The summed E-state index contributed by atoms with van der Waals surface area (Å²) in [6.45, 7) is 10.00. The molecule has 216 valence electrons. The summed E-state index contributed by atoms with van der Waals surface area (Å²) >= 11 is 5.96. The fourth-order valence-corrected chi connectivity index (χ4v) is 3.32. The lowest BCUT2D eigenvalue weighted by Crippen LogP contribution is -2.23. The van der Waals surface area contributed by atoms with Crippen molar-refractivity contribution in [3.8, 4) is 0 Å². The van der Waals surface area contributed by atoms with Gasteiger partial charge in [-0.2, -0.15) is 13.2 Å². The van der Waals surface area contributed by atoms with Crippen molar-refractivity contribution in [2.45, 2.75) is 32.9 Å². The molecule has 0 aliphatic rings. The normalized spacial score (nSPS) is 9.78. The van der Waals surface area contributed by atoms with Gasteiger partial charge in [-0.15, -0.1) is 0 Å². The van der Waals surface area contributed by atoms with E-state index < -0.39 is 11.7 Å². The quantitative estimate of drug-likeness (QED) is 0.290. The molecule has 12 heteroatoms. The van der Waals surface area contributed by atoms with Gasteiger partial charge in [-0.3, -0.25) is 14.6 Å². The number of hydrogen-bond donors (Lipinski definition) is 3. The Morgan fingerprint density at radius 2 is 1.75 bits per heavy atom. The molecule has 0 aliphatic carbocycles. The number of amides is 1. The van der Waals surface area contributed by atoms with Gasteiger partial charge in [0.05, 0.1) is 11.1 Å². The number of aryl methyl sites for hydroxylation is 1. The molecule has 0 radical (unpaired) electrons. The van der Waals surface area contributed by atoms with Crippen LogP contribution in [-0.2, 0) is 22.2 Å². The summed E-state index contributed by atoms with van der Waals surface area (Å²) < 4.78 is 35.8. The van der Waals surface area contributed by atoms with Crippen LogP contribution in [0.4, 0.5) is 19.0 Å². The van der Waals surface area contributed by atoms with Gasteiger partial charge >= 0.3 is 6.18 Å². The van der Waals surface area contributed by atoms with Gasteiger partial charge < -0.3 is 20.5 Å². The van der Waals surface area contributed by atoms with Gasteiger partial charge in [-0.05, 0) is 60.2 Å². The van der Waals surface area contributed by atoms with Crippen LogP contribution in [-0.4, -0.2) is 47.8 Å². The first-order valence-electron chi connectivity index (χ1n) is 11.7. The van der Waals surface area contributed by atoms with Crippen LogP contribution in [0.25, 0.3) is 6.08 Å².